The first-order chi connectivity index (χ1) is 8.34. The van der Waals surface area contributed by atoms with E-state index < -0.39 is 12.1 Å². The lowest BCUT2D eigenvalue weighted by Gasteiger charge is -2.08. The number of nitrogens with zero attached hydrogens (tertiary/aromatic N) is 1. The molecule has 0 aromatic heterocycles. The Hall–Kier alpha value is -1.74. The van der Waals surface area contributed by atoms with Crippen LogP contribution in [0.5, 0.6) is 0 Å². The van der Waals surface area contributed by atoms with Gasteiger partial charge in [-0.2, -0.15) is 0 Å². The Morgan fingerprint density at radius 3 is 1.84 bits per heavy atom. The average Bonchev–Trinajstić information content (AvgIpc) is 2.30. The Kier molecular flexibility index (Phi) is 10.5. The summed E-state index contributed by atoms with van der Waals surface area (Å²) < 4.78 is 0.252. The van der Waals surface area contributed by atoms with E-state index in [0.717, 1.165) is 5.56 Å². The van der Waals surface area contributed by atoms with Gasteiger partial charge in [-0.15, -0.1) is 16.9 Å². The Morgan fingerprint density at radius 2 is 1.63 bits per heavy atom. The topological polar surface area (TPSA) is 153 Å². The number of amides is 4. The van der Waals surface area contributed by atoms with Gasteiger partial charge in [0.25, 0.3) is 0 Å². The summed E-state index contributed by atoms with van der Waals surface area (Å²) in [5, 5.41) is 0. The van der Waals surface area contributed by atoms with Gasteiger partial charge >= 0.3 is 12.1 Å². The first-order valence-electron chi connectivity index (χ1n) is 4.72. The van der Waals surface area contributed by atoms with Gasteiger partial charge in [-0.1, -0.05) is 30.3 Å². The molecule has 8 nitrogen and oxygen atoms in total. The molecule has 0 bridgehead atoms. The number of hydrogen-bond acceptors (Lipinski definition) is 4. The quantitative estimate of drug-likeness (QED) is 0.284. The van der Waals surface area contributed by atoms with Crippen LogP contribution in [0.1, 0.15) is 11.7 Å². The number of benzene rings is 1. The summed E-state index contributed by atoms with van der Waals surface area (Å²) in [6.45, 7) is 0. The maximum atomic E-state index is 9.98. The normalized spacial score (nSPS) is 8.63. The molecule has 0 aliphatic rings. The van der Waals surface area contributed by atoms with E-state index in [0.29, 0.717) is 0 Å². The van der Waals surface area contributed by atoms with E-state index in [4.69, 9.17) is 23.2 Å². The maximum Gasteiger partial charge on any atom is 0.349 e. The molecule has 1 aromatic carbocycles. The number of nitrogens with one attached hydrogen (secondary N) is 1. The van der Waals surface area contributed by atoms with E-state index in [2.05, 4.69) is 11.5 Å². The third-order valence-electron chi connectivity index (χ3n) is 1.59. The summed E-state index contributed by atoms with van der Waals surface area (Å²) in [6.07, 6.45) is -0.341. The molecular formula is C9H16Cl2N6O2. The zero-order chi connectivity index (χ0) is 14.1. The van der Waals surface area contributed by atoms with E-state index in [1.165, 1.54) is 0 Å². The van der Waals surface area contributed by atoms with Gasteiger partial charge in [-0.25, -0.2) is 15.0 Å². The molecule has 4 amide bonds. The third kappa shape index (κ3) is 9.92. The smallest absolute Gasteiger partial charge is 0.349 e. The lowest BCUT2D eigenvalue weighted by atomic mass is 10.2. The number of carbonyl (C=O) groups excluding carboxylic acids is 2. The highest BCUT2D eigenvalue weighted by Crippen LogP contribution is 2.01. The molecule has 108 valence electrons. The van der Waals surface area contributed by atoms with Crippen molar-refractivity contribution >= 4 is 36.2 Å². The predicted molar refractivity (Wildman–Crippen MR) is 74.8 cm³/mol. The van der Waals surface area contributed by atoms with Crippen molar-refractivity contribution in [2.75, 3.05) is 0 Å². The molecule has 0 aliphatic carbocycles. The van der Waals surface area contributed by atoms with Crippen molar-refractivity contribution in [2.45, 2.75) is 6.17 Å². The van der Waals surface area contributed by atoms with Crippen LogP contribution in [0, 0.1) is 0 Å². The second kappa shape index (κ2) is 10.2. The van der Waals surface area contributed by atoms with Gasteiger partial charge in [-0.3, -0.25) is 0 Å². The van der Waals surface area contributed by atoms with Crippen LogP contribution in [-0.2, 0) is 0 Å². The van der Waals surface area contributed by atoms with Gasteiger partial charge in [0, 0.05) is 11.8 Å². The van der Waals surface area contributed by atoms with Gasteiger partial charge in [0.1, 0.15) is 0 Å². The minimum absolute atomic E-state index is 0. The zero-order valence-electron chi connectivity index (χ0n) is 9.82. The van der Waals surface area contributed by atoms with Gasteiger partial charge in [0.15, 0.2) is 0 Å². The molecule has 10 heteroatoms. The van der Waals surface area contributed by atoms with Crippen molar-refractivity contribution in [3.05, 3.63) is 35.9 Å². The molecule has 0 fully saturated rings. The fourth-order valence-corrected chi connectivity index (χ4v) is 0.910. The molecule has 0 heterocycles. The fraction of sp³-hybridized carbons (Fsp3) is 0.111. The number of hydrogen-bond donors (Lipinski definition) is 5. The van der Waals surface area contributed by atoms with E-state index in [1.807, 2.05) is 30.3 Å². The molecule has 1 aromatic rings. The standard InChI is InChI=1S/C7H10N2.C2H5ClN4O2.ClH/c8-7(9)6-4-2-1-3-5-6;3-7(2(5)9)6-1(4)8;/h1-5,7H,8-9H2;(H2,5,9)(H3,4,6,8);1H. The van der Waals surface area contributed by atoms with E-state index in [-0.39, 0.29) is 23.1 Å². The molecule has 0 radical (unpaired) electrons. The van der Waals surface area contributed by atoms with Crippen LogP contribution in [0.25, 0.3) is 0 Å². The van der Waals surface area contributed by atoms with Gasteiger partial charge < -0.3 is 22.9 Å². The molecule has 0 aliphatic heterocycles. The highest BCUT2D eigenvalue weighted by molar-refractivity contribution is 6.21. The van der Waals surface area contributed by atoms with Gasteiger partial charge in [0.2, 0.25) is 0 Å². The van der Waals surface area contributed by atoms with Crippen molar-refractivity contribution in [3.8, 4) is 0 Å². The third-order valence-corrected chi connectivity index (χ3v) is 1.84. The number of urea groups is 2. The van der Waals surface area contributed by atoms with Crippen LogP contribution < -0.4 is 28.4 Å². The minimum Gasteiger partial charge on any atom is -0.350 e. The van der Waals surface area contributed by atoms with Crippen molar-refractivity contribution in [1.82, 2.24) is 9.95 Å². The zero-order valence-corrected chi connectivity index (χ0v) is 11.4. The lowest BCUT2D eigenvalue weighted by Crippen LogP contribution is -2.44. The SMILES string of the molecule is Cl.NC(=O)NN(Cl)C(N)=O.NC(N)c1ccccc1. The minimum atomic E-state index is -1.00. The number of primary amides is 2. The first kappa shape index (κ1) is 19.6. The lowest BCUT2D eigenvalue weighted by molar-refractivity contribution is 0.212. The van der Waals surface area contributed by atoms with Gasteiger partial charge in [-0.05, 0) is 5.56 Å². The van der Waals surface area contributed by atoms with Crippen LogP contribution in [0.3, 0.4) is 0 Å². The highest BCUT2D eigenvalue weighted by Gasteiger charge is 2.05. The maximum absolute atomic E-state index is 9.98. The monoisotopic (exact) mass is 310 g/mol. The fourth-order valence-electron chi connectivity index (χ4n) is 0.827. The second-order valence-corrected chi connectivity index (χ2v) is 3.37. The summed E-state index contributed by atoms with van der Waals surface area (Å²) in [4.78, 5) is 19.9. The van der Waals surface area contributed by atoms with Crippen LogP contribution in [0.15, 0.2) is 30.3 Å². The number of hydrazine groups is 1. The summed E-state index contributed by atoms with van der Waals surface area (Å²) in [6, 6.07) is 7.63. The Labute approximate surface area is 121 Å². The van der Waals surface area contributed by atoms with E-state index >= 15 is 0 Å². The second-order valence-electron chi connectivity index (χ2n) is 3.03. The number of nitrogens with two attached hydrogens (primary N) is 4. The van der Waals surface area contributed by atoms with E-state index in [9.17, 15) is 9.59 Å². The molecule has 9 N–H and O–H groups in total. The number of rotatable bonds is 1. The highest BCUT2D eigenvalue weighted by atomic mass is 35.5. The number of halogens is 2. The Bertz CT molecular complexity index is 390. The van der Waals surface area contributed by atoms with Crippen molar-refractivity contribution in [2.24, 2.45) is 22.9 Å². The van der Waals surface area contributed by atoms with Crippen LogP contribution >= 0.6 is 24.2 Å². The van der Waals surface area contributed by atoms with Crippen LogP contribution in [0.4, 0.5) is 9.59 Å². The van der Waals surface area contributed by atoms with Crippen LogP contribution in [-0.4, -0.2) is 16.6 Å². The van der Waals surface area contributed by atoms with Crippen LogP contribution in [0.2, 0.25) is 0 Å². The van der Waals surface area contributed by atoms with Crippen molar-refractivity contribution in [3.63, 3.8) is 0 Å². The average molecular weight is 311 g/mol. The molecule has 19 heavy (non-hydrogen) atoms. The van der Waals surface area contributed by atoms with Crippen molar-refractivity contribution in [1.29, 1.82) is 0 Å². The molecule has 0 unspecified atom stereocenters. The molecular weight excluding hydrogens is 295 g/mol. The Morgan fingerprint density at radius 1 is 1.16 bits per heavy atom. The summed E-state index contributed by atoms with van der Waals surface area (Å²) in [5.41, 5.74) is 22.6. The molecule has 0 saturated carbocycles. The summed E-state index contributed by atoms with van der Waals surface area (Å²) >= 11 is 4.96. The summed E-state index contributed by atoms with van der Waals surface area (Å²) in [7, 11) is 0. The largest absolute Gasteiger partial charge is 0.350 e. The number of carbonyl (C=O) groups is 2. The molecule has 0 spiro atoms. The molecule has 0 atom stereocenters. The van der Waals surface area contributed by atoms with E-state index in [1.54, 1.807) is 5.43 Å². The summed E-state index contributed by atoms with van der Waals surface area (Å²) in [5.74, 6) is 0. The molecule has 1 rings (SSSR count). The first-order valence-corrected chi connectivity index (χ1v) is 5.06. The van der Waals surface area contributed by atoms with Gasteiger partial charge in [0.05, 0.1) is 6.17 Å². The van der Waals surface area contributed by atoms with Crippen molar-refractivity contribution < 1.29 is 9.59 Å². The Balaban J connectivity index is 0. The molecule has 0 saturated heterocycles. The predicted octanol–water partition coefficient (Wildman–Crippen LogP) is 0.129.